The van der Waals surface area contributed by atoms with Crippen molar-refractivity contribution in [1.82, 2.24) is 10.2 Å². The van der Waals surface area contributed by atoms with Gasteiger partial charge in [-0.2, -0.15) is 0 Å². The van der Waals surface area contributed by atoms with Crippen molar-refractivity contribution < 1.29 is 18.7 Å². The number of imide groups is 1. The first kappa shape index (κ1) is 18.0. The first-order valence-electron chi connectivity index (χ1n) is 8.99. The molecule has 1 N–H and O–H groups in total. The lowest BCUT2D eigenvalue weighted by Crippen LogP contribution is -2.41. The highest BCUT2D eigenvalue weighted by molar-refractivity contribution is 6.07. The Hall–Kier alpha value is -3.41. The summed E-state index contributed by atoms with van der Waals surface area (Å²) in [4.78, 5) is 26.6. The minimum atomic E-state index is -1.13. The smallest absolute Gasteiger partial charge is 0.325 e. The Kier molecular flexibility index (Phi) is 4.47. The van der Waals surface area contributed by atoms with E-state index >= 15 is 0 Å². The number of rotatable bonds is 5. The van der Waals surface area contributed by atoms with E-state index in [1.54, 1.807) is 6.92 Å². The zero-order valence-electron chi connectivity index (χ0n) is 15.3. The summed E-state index contributed by atoms with van der Waals surface area (Å²) in [6.07, 6.45) is 0. The van der Waals surface area contributed by atoms with Crippen molar-refractivity contribution in [2.24, 2.45) is 0 Å². The highest BCUT2D eigenvalue weighted by atomic mass is 19.1. The van der Waals surface area contributed by atoms with Crippen LogP contribution in [0.2, 0.25) is 0 Å². The molecule has 0 bridgehead atoms. The van der Waals surface area contributed by atoms with Crippen LogP contribution in [0, 0.1) is 5.82 Å². The van der Waals surface area contributed by atoms with Crippen LogP contribution in [0.3, 0.4) is 0 Å². The monoisotopic (exact) mass is 378 g/mol. The number of nitrogens with zero attached hydrogens (tertiary/aromatic N) is 1. The Bertz CT molecular complexity index is 1050. The van der Waals surface area contributed by atoms with Crippen LogP contribution in [0.5, 0.6) is 5.75 Å². The predicted octanol–water partition coefficient (Wildman–Crippen LogP) is 3.82. The number of ether oxygens (including phenoxy) is 1. The van der Waals surface area contributed by atoms with Gasteiger partial charge < -0.3 is 10.1 Å². The number of benzene rings is 3. The molecule has 3 aromatic rings. The van der Waals surface area contributed by atoms with Crippen LogP contribution in [-0.4, -0.2) is 30.0 Å². The van der Waals surface area contributed by atoms with Gasteiger partial charge in [-0.05, 0) is 53.6 Å². The maximum atomic E-state index is 13.0. The lowest BCUT2D eigenvalue weighted by atomic mass is 9.90. The molecule has 1 saturated heterocycles. The minimum Gasteiger partial charge on any atom is -0.492 e. The molecule has 1 atom stereocenters. The molecule has 28 heavy (non-hydrogen) atoms. The van der Waals surface area contributed by atoms with Crippen molar-refractivity contribution >= 4 is 22.7 Å². The third-order valence-electron chi connectivity index (χ3n) is 5.00. The topological polar surface area (TPSA) is 58.6 Å². The molecule has 3 amide bonds. The highest BCUT2D eigenvalue weighted by Gasteiger charge is 2.48. The van der Waals surface area contributed by atoms with Crippen LogP contribution in [0.15, 0.2) is 66.7 Å². The zero-order chi connectivity index (χ0) is 19.7. The number of hydrogen-bond acceptors (Lipinski definition) is 3. The van der Waals surface area contributed by atoms with Gasteiger partial charge in [0, 0.05) is 0 Å². The molecule has 142 valence electrons. The Morgan fingerprint density at radius 1 is 1.00 bits per heavy atom. The SMILES string of the molecule is C[C@@]1(c2ccc3ccccc3c2)NC(=O)N(CCOc2ccc(F)cc2)C1=O. The number of carbonyl (C=O) groups is 2. The second-order valence-corrected chi connectivity index (χ2v) is 6.88. The van der Waals surface area contributed by atoms with Crippen molar-refractivity contribution in [2.45, 2.75) is 12.5 Å². The first-order chi connectivity index (χ1) is 13.5. The van der Waals surface area contributed by atoms with Gasteiger partial charge in [0.25, 0.3) is 5.91 Å². The Morgan fingerprint density at radius 3 is 2.46 bits per heavy atom. The average Bonchev–Trinajstić information content (AvgIpc) is 2.93. The summed E-state index contributed by atoms with van der Waals surface area (Å²) in [5.74, 6) is -0.200. The van der Waals surface area contributed by atoms with E-state index in [0.29, 0.717) is 5.75 Å². The molecule has 0 unspecified atom stereocenters. The van der Waals surface area contributed by atoms with Crippen LogP contribution in [-0.2, 0) is 10.3 Å². The van der Waals surface area contributed by atoms with E-state index in [-0.39, 0.29) is 24.9 Å². The van der Waals surface area contributed by atoms with Crippen molar-refractivity contribution in [3.05, 3.63) is 78.1 Å². The minimum absolute atomic E-state index is 0.102. The molecule has 6 heteroatoms. The number of fused-ring (bicyclic) bond motifs is 1. The van der Waals surface area contributed by atoms with Crippen molar-refractivity contribution in [2.75, 3.05) is 13.2 Å². The van der Waals surface area contributed by atoms with Crippen molar-refractivity contribution in [3.8, 4) is 5.75 Å². The van der Waals surface area contributed by atoms with E-state index in [1.165, 1.54) is 24.3 Å². The van der Waals surface area contributed by atoms with Gasteiger partial charge >= 0.3 is 6.03 Å². The van der Waals surface area contributed by atoms with Gasteiger partial charge in [0.2, 0.25) is 0 Å². The number of halogens is 1. The fraction of sp³-hybridized carbons (Fsp3) is 0.182. The van der Waals surface area contributed by atoms with E-state index < -0.39 is 11.6 Å². The molecular formula is C22H19FN2O3. The second-order valence-electron chi connectivity index (χ2n) is 6.88. The van der Waals surface area contributed by atoms with E-state index in [2.05, 4.69) is 5.32 Å². The van der Waals surface area contributed by atoms with Gasteiger partial charge in [0.1, 0.15) is 23.7 Å². The summed E-state index contributed by atoms with van der Waals surface area (Å²) in [5, 5.41) is 4.87. The quantitative estimate of drug-likeness (QED) is 0.687. The third-order valence-corrected chi connectivity index (χ3v) is 5.00. The summed E-state index contributed by atoms with van der Waals surface area (Å²) in [6.45, 7) is 1.93. The molecule has 3 aromatic carbocycles. The van der Waals surface area contributed by atoms with Crippen LogP contribution in [0.1, 0.15) is 12.5 Å². The molecular weight excluding hydrogens is 359 g/mol. The standard InChI is InChI=1S/C22H19FN2O3/c1-22(17-7-6-15-4-2-3-5-16(15)14-17)20(26)25(21(27)24-22)12-13-28-19-10-8-18(23)9-11-19/h2-11,14H,12-13H2,1H3,(H,24,27)/t22-/m0/s1. The van der Waals surface area contributed by atoms with E-state index in [0.717, 1.165) is 21.2 Å². The zero-order valence-corrected chi connectivity index (χ0v) is 15.3. The summed E-state index contributed by atoms with van der Waals surface area (Å²) < 4.78 is 18.5. The predicted molar refractivity (Wildman–Crippen MR) is 103 cm³/mol. The van der Waals surface area contributed by atoms with Crippen LogP contribution >= 0.6 is 0 Å². The summed E-state index contributed by atoms with van der Waals surface area (Å²) in [7, 11) is 0. The van der Waals surface area contributed by atoms with Gasteiger partial charge in [-0.15, -0.1) is 0 Å². The van der Waals surface area contributed by atoms with Gasteiger partial charge in [-0.3, -0.25) is 9.69 Å². The molecule has 1 heterocycles. The molecule has 0 radical (unpaired) electrons. The largest absolute Gasteiger partial charge is 0.492 e. The van der Waals surface area contributed by atoms with Gasteiger partial charge in [0.15, 0.2) is 0 Å². The Morgan fingerprint density at radius 2 is 1.71 bits per heavy atom. The maximum absolute atomic E-state index is 13.0. The second kappa shape index (κ2) is 6.96. The molecule has 0 spiro atoms. The average molecular weight is 378 g/mol. The van der Waals surface area contributed by atoms with E-state index in [1.807, 2.05) is 42.5 Å². The maximum Gasteiger partial charge on any atom is 0.325 e. The Balaban J connectivity index is 1.49. The van der Waals surface area contributed by atoms with Gasteiger partial charge in [-0.1, -0.05) is 36.4 Å². The number of urea groups is 1. The normalized spacial score (nSPS) is 19.1. The fourth-order valence-electron chi connectivity index (χ4n) is 3.38. The molecule has 0 aromatic heterocycles. The molecule has 1 fully saturated rings. The van der Waals surface area contributed by atoms with Crippen LogP contribution in [0.4, 0.5) is 9.18 Å². The lowest BCUT2D eigenvalue weighted by molar-refractivity contribution is -0.131. The molecule has 0 saturated carbocycles. The summed E-state index contributed by atoms with van der Waals surface area (Å²) >= 11 is 0. The fourth-order valence-corrected chi connectivity index (χ4v) is 3.38. The Labute approximate surface area is 161 Å². The van der Waals surface area contributed by atoms with Crippen molar-refractivity contribution in [1.29, 1.82) is 0 Å². The molecule has 4 rings (SSSR count). The molecule has 1 aliphatic heterocycles. The highest BCUT2D eigenvalue weighted by Crippen LogP contribution is 2.31. The number of hydrogen-bond donors (Lipinski definition) is 1. The molecule has 5 nitrogen and oxygen atoms in total. The lowest BCUT2D eigenvalue weighted by Gasteiger charge is -2.22. The van der Waals surface area contributed by atoms with Gasteiger partial charge in [0.05, 0.1) is 6.54 Å². The van der Waals surface area contributed by atoms with Crippen LogP contribution in [0.25, 0.3) is 10.8 Å². The number of amides is 3. The number of nitrogens with one attached hydrogen (secondary N) is 1. The third kappa shape index (κ3) is 3.17. The van der Waals surface area contributed by atoms with Gasteiger partial charge in [-0.25, -0.2) is 9.18 Å². The first-order valence-corrected chi connectivity index (χ1v) is 8.99. The molecule has 1 aliphatic rings. The number of carbonyl (C=O) groups excluding carboxylic acids is 2. The van der Waals surface area contributed by atoms with E-state index in [9.17, 15) is 14.0 Å². The van der Waals surface area contributed by atoms with E-state index in [4.69, 9.17) is 4.74 Å². The summed E-state index contributed by atoms with van der Waals surface area (Å²) in [6, 6.07) is 18.7. The summed E-state index contributed by atoms with van der Waals surface area (Å²) in [5.41, 5.74) is -0.400. The van der Waals surface area contributed by atoms with Crippen LogP contribution < -0.4 is 10.1 Å². The van der Waals surface area contributed by atoms with Crippen molar-refractivity contribution in [3.63, 3.8) is 0 Å². The molecule has 0 aliphatic carbocycles.